The Hall–Kier alpha value is -2.16. The molecule has 9 nitrogen and oxygen atoms in total. The van der Waals surface area contributed by atoms with Crippen LogP contribution in [0.1, 0.15) is 157 Å². The lowest BCUT2D eigenvalue weighted by molar-refractivity contribution is -0.215. The normalized spacial score (nSPS) is 33.3. The molecule has 6 bridgehead atoms. The number of carbonyl (C=O) groups excluding carboxylic acids is 4. The molecule has 7 aliphatic rings. The minimum atomic E-state index is -1.11. The molecule has 6 aliphatic carbocycles. The van der Waals surface area contributed by atoms with E-state index in [0.717, 1.165) is 50.0 Å². The molecule has 1 heterocycles. The quantitative estimate of drug-likeness (QED) is 0.163. The van der Waals surface area contributed by atoms with Crippen LogP contribution < -0.4 is 0 Å². The minimum Gasteiger partial charge on any atom is -0.469 e. The molecule has 1 N–H and O–H groups in total. The molecule has 6 saturated carbocycles. The van der Waals surface area contributed by atoms with E-state index in [0.29, 0.717) is 36.0 Å². The van der Waals surface area contributed by atoms with Gasteiger partial charge < -0.3 is 24.1 Å². The lowest BCUT2D eigenvalue weighted by Gasteiger charge is -2.59. The molecule has 52 heavy (non-hydrogen) atoms. The van der Waals surface area contributed by atoms with Crippen molar-refractivity contribution in [3.63, 3.8) is 0 Å². The van der Waals surface area contributed by atoms with E-state index in [1.807, 2.05) is 20.8 Å². The number of aliphatic hydroxyl groups excluding tert-OH is 1. The maximum absolute atomic E-state index is 14.1. The first-order chi connectivity index (χ1) is 21.6. The summed E-state index contributed by atoms with van der Waals surface area (Å²) in [6.07, 6.45) is 10.6. The average Bonchev–Trinajstić information content (AvgIpc) is 3.73. The van der Waals surface area contributed by atoms with Crippen LogP contribution in [0.3, 0.4) is 0 Å². The lowest BCUT2D eigenvalue weighted by atomic mass is 9.50. The highest BCUT2D eigenvalue weighted by atomic mass is 16.6. The number of hydrogen-bond donors (Lipinski definition) is 1. The van der Waals surface area contributed by atoms with Crippen LogP contribution in [-0.4, -0.2) is 61.5 Å². The third-order valence-electron chi connectivity index (χ3n) is 13.3. The van der Waals surface area contributed by atoms with Crippen molar-refractivity contribution in [2.45, 2.75) is 162 Å². The fourth-order valence-electron chi connectivity index (χ4n) is 10.9. The zero-order valence-corrected chi connectivity index (χ0v) is 29.2. The minimum absolute atomic E-state index is 0. The summed E-state index contributed by atoms with van der Waals surface area (Å²) in [5.41, 5.74) is -3.54. The summed E-state index contributed by atoms with van der Waals surface area (Å²) >= 11 is 0. The van der Waals surface area contributed by atoms with Crippen molar-refractivity contribution < 1.29 is 43.2 Å². The zero-order chi connectivity index (χ0) is 33.7. The second-order valence-electron chi connectivity index (χ2n) is 17.1. The van der Waals surface area contributed by atoms with Crippen LogP contribution in [0, 0.1) is 63.6 Å². The Bertz CT molecular complexity index is 1150. The van der Waals surface area contributed by atoms with Crippen LogP contribution in [0.5, 0.6) is 0 Å². The second-order valence-corrected chi connectivity index (χ2v) is 17.1. The molecule has 0 amide bonds. The Morgan fingerprint density at radius 3 is 1.81 bits per heavy atom. The summed E-state index contributed by atoms with van der Waals surface area (Å²) in [4.78, 5) is 50.9. The molecule has 7 rings (SSSR count). The van der Waals surface area contributed by atoms with Crippen LogP contribution in [0.2, 0.25) is 0 Å². The van der Waals surface area contributed by atoms with Crippen LogP contribution in [0.4, 0.5) is 0 Å². The van der Waals surface area contributed by atoms with Gasteiger partial charge in [0.25, 0.3) is 0 Å². The summed E-state index contributed by atoms with van der Waals surface area (Å²) in [6.45, 7) is 11.5. The molecule has 0 aromatic heterocycles. The molecule has 6 atom stereocenters. The molecule has 0 spiro atoms. The molecule has 7 fully saturated rings. The van der Waals surface area contributed by atoms with Crippen LogP contribution in [-0.2, 0) is 38.1 Å². The third-order valence-corrected chi connectivity index (χ3v) is 13.3. The summed E-state index contributed by atoms with van der Waals surface area (Å²) in [7, 11) is 1.36. The summed E-state index contributed by atoms with van der Waals surface area (Å²) in [5, 5.41) is 9.08. The molecule has 9 heteroatoms. The van der Waals surface area contributed by atoms with Gasteiger partial charge in [-0.05, 0) is 141 Å². The molecule has 0 aromatic carbocycles. The van der Waals surface area contributed by atoms with Crippen LogP contribution in [0.15, 0.2) is 0 Å². The second kappa shape index (κ2) is 19.4. The average molecular weight is 743 g/mol. The van der Waals surface area contributed by atoms with Crippen molar-refractivity contribution in [2.24, 2.45) is 63.6 Å². The number of ether oxygens (including phenoxy) is 4. The maximum Gasteiger partial charge on any atom is 0.312 e. The Balaban J connectivity index is 0. The zero-order valence-electron chi connectivity index (χ0n) is 29.2. The molecule has 1 saturated heterocycles. The maximum atomic E-state index is 14.1. The standard InChI is InChI=1S/C28H46O7.C9H12O2.6CH4/c1-8-26(4,23(31)33-7)17-27(5,16-25(2,3)22(30)34-10-9-29)24(32)35-28(6)20-12-18-11-19(14-20)15-21(28)13-18;10-9-8-6-2-1-5(3-6)7(8)4-11-9;;;;;;/h18-21,29H,8-17H2,1-7H3;5-8H,1-4H2;6*1H4. The van der Waals surface area contributed by atoms with E-state index < -0.39 is 27.8 Å². The van der Waals surface area contributed by atoms with E-state index in [-0.39, 0.29) is 88.5 Å². The number of carbonyl (C=O) groups is 4. The fourth-order valence-corrected chi connectivity index (χ4v) is 10.9. The highest BCUT2D eigenvalue weighted by molar-refractivity contribution is 5.83. The number of cyclic esters (lactones) is 1. The van der Waals surface area contributed by atoms with E-state index in [2.05, 4.69) is 6.92 Å². The molecular formula is C43H82O9. The lowest BCUT2D eigenvalue weighted by Crippen LogP contribution is -2.59. The molecule has 308 valence electrons. The van der Waals surface area contributed by atoms with E-state index in [9.17, 15) is 19.2 Å². The van der Waals surface area contributed by atoms with E-state index in [4.69, 9.17) is 24.1 Å². The van der Waals surface area contributed by atoms with Gasteiger partial charge in [-0.25, -0.2) is 0 Å². The number of fused-ring (bicyclic) bond motifs is 5. The van der Waals surface area contributed by atoms with Crippen LogP contribution >= 0.6 is 0 Å². The van der Waals surface area contributed by atoms with Crippen molar-refractivity contribution in [1.29, 1.82) is 0 Å². The predicted molar refractivity (Wildman–Crippen MR) is 210 cm³/mol. The van der Waals surface area contributed by atoms with Crippen LogP contribution in [0.25, 0.3) is 0 Å². The Labute approximate surface area is 319 Å². The molecule has 6 unspecified atom stereocenters. The third kappa shape index (κ3) is 9.73. The summed E-state index contributed by atoms with van der Waals surface area (Å²) in [6, 6.07) is 0. The Morgan fingerprint density at radius 2 is 1.33 bits per heavy atom. The van der Waals surface area contributed by atoms with E-state index >= 15 is 0 Å². The van der Waals surface area contributed by atoms with E-state index in [1.54, 1.807) is 13.8 Å². The first-order valence-electron chi connectivity index (χ1n) is 17.9. The van der Waals surface area contributed by atoms with Gasteiger partial charge in [-0.3, -0.25) is 19.2 Å². The molecule has 0 radical (unpaired) electrons. The largest absolute Gasteiger partial charge is 0.469 e. The van der Waals surface area contributed by atoms with Gasteiger partial charge in [-0.2, -0.15) is 0 Å². The van der Waals surface area contributed by atoms with Gasteiger partial charge >= 0.3 is 23.9 Å². The van der Waals surface area contributed by atoms with Crippen molar-refractivity contribution in [3.05, 3.63) is 0 Å². The molecule has 1 aliphatic heterocycles. The monoisotopic (exact) mass is 743 g/mol. The van der Waals surface area contributed by atoms with Gasteiger partial charge in [0, 0.05) is 5.92 Å². The number of rotatable bonds is 11. The fraction of sp³-hybridized carbons (Fsp3) is 0.907. The highest BCUT2D eigenvalue weighted by Gasteiger charge is 2.59. The predicted octanol–water partition coefficient (Wildman–Crippen LogP) is 9.70. The number of methoxy groups -OCH3 is 1. The summed E-state index contributed by atoms with van der Waals surface area (Å²) in [5.74, 6) is 3.58. The number of hydrogen-bond acceptors (Lipinski definition) is 9. The van der Waals surface area contributed by atoms with Crippen molar-refractivity contribution >= 4 is 23.9 Å². The Morgan fingerprint density at radius 1 is 0.788 bits per heavy atom. The van der Waals surface area contributed by atoms with Crippen molar-refractivity contribution in [2.75, 3.05) is 26.9 Å². The van der Waals surface area contributed by atoms with Gasteiger partial charge in [0.15, 0.2) is 0 Å². The van der Waals surface area contributed by atoms with E-state index in [1.165, 1.54) is 32.8 Å². The topological polar surface area (TPSA) is 125 Å². The van der Waals surface area contributed by atoms with Crippen molar-refractivity contribution in [1.82, 2.24) is 0 Å². The van der Waals surface area contributed by atoms with Gasteiger partial charge in [0.05, 0.1) is 42.5 Å². The first kappa shape index (κ1) is 51.9. The smallest absolute Gasteiger partial charge is 0.312 e. The Kier molecular flexibility index (Phi) is 19.4. The van der Waals surface area contributed by atoms with Gasteiger partial charge in [-0.15, -0.1) is 0 Å². The summed E-state index contributed by atoms with van der Waals surface area (Å²) < 4.78 is 21.9. The SMILES string of the molecule is C.C.C.C.C.C.CCC(C)(CC(C)(CC(C)(C)C(=O)OCCO)C(=O)OC1(C)C2CC3CC(C2)CC1C3)C(=O)OC.O=C1OCC2C3CCC(C3)C12. The van der Waals surface area contributed by atoms with Gasteiger partial charge in [0.2, 0.25) is 0 Å². The first-order valence-corrected chi connectivity index (χ1v) is 17.9. The number of esters is 4. The highest BCUT2D eigenvalue weighted by Crippen LogP contribution is 2.60. The van der Waals surface area contributed by atoms with Gasteiger partial charge in [-0.1, -0.05) is 51.5 Å². The molecular weight excluding hydrogens is 660 g/mol. The van der Waals surface area contributed by atoms with Gasteiger partial charge in [0.1, 0.15) is 12.2 Å². The number of aliphatic hydroxyl groups is 1. The van der Waals surface area contributed by atoms with Crippen molar-refractivity contribution in [3.8, 4) is 0 Å². The molecule has 0 aromatic rings.